The normalized spacial score (nSPS) is 15.4. The molecule has 0 radical (unpaired) electrons. The minimum absolute atomic E-state index is 0.103. The third-order valence-corrected chi connectivity index (χ3v) is 4.96. The third kappa shape index (κ3) is 3.71. The molecule has 4 rings (SSSR count). The maximum absolute atomic E-state index is 12.3. The number of hydrogen-bond acceptors (Lipinski definition) is 6. The molecular weight excluding hydrogens is 374 g/mol. The second-order valence-electron chi connectivity index (χ2n) is 6.93. The zero-order valence-corrected chi connectivity index (χ0v) is 16.0. The van der Waals surface area contributed by atoms with E-state index in [2.05, 4.69) is 5.32 Å². The second-order valence-corrected chi connectivity index (χ2v) is 6.93. The number of fused-ring (bicyclic) bond motifs is 2. The Balaban J connectivity index is 1.47. The van der Waals surface area contributed by atoms with E-state index in [1.807, 2.05) is 26.0 Å². The summed E-state index contributed by atoms with van der Waals surface area (Å²) >= 11 is 0. The maximum Gasteiger partial charge on any atom is 0.336 e. The zero-order chi connectivity index (χ0) is 20.5. The van der Waals surface area contributed by atoms with Crippen LogP contribution >= 0.6 is 0 Å². The van der Waals surface area contributed by atoms with Crippen molar-refractivity contribution in [1.29, 1.82) is 0 Å². The molecule has 0 saturated heterocycles. The summed E-state index contributed by atoms with van der Waals surface area (Å²) in [6.07, 6.45) is -1.21. The summed E-state index contributed by atoms with van der Waals surface area (Å²) in [7, 11) is 0. The van der Waals surface area contributed by atoms with Crippen LogP contribution in [0.15, 0.2) is 51.7 Å². The van der Waals surface area contributed by atoms with Crippen LogP contribution in [0.25, 0.3) is 11.0 Å². The van der Waals surface area contributed by atoms with E-state index in [1.165, 1.54) is 6.07 Å². The van der Waals surface area contributed by atoms with E-state index >= 15 is 0 Å². The van der Waals surface area contributed by atoms with Gasteiger partial charge < -0.3 is 19.2 Å². The number of aryl methyl sites for hydroxylation is 2. The highest BCUT2D eigenvalue weighted by Crippen LogP contribution is 2.30. The van der Waals surface area contributed by atoms with Crippen LogP contribution in [0.1, 0.15) is 23.1 Å². The first-order chi connectivity index (χ1) is 13.9. The predicted octanol–water partition coefficient (Wildman–Crippen LogP) is 3.24. The van der Waals surface area contributed by atoms with Crippen molar-refractivity contribution in [2.45, 2.75) is 33.0 Å². The standard InChI is InChI=1S/C22H19NO6/c1-12-7-8-15-14(9-20(25)29-21(15)13(12)2)11-27-19(24)10-18-22(26)23-16-5-3-4-6-17(16)28-18/h3-9,18H,10-11H2,1-2H3,(H,23,26)/t18-/m0/s1. The van der Waals surface area contributed by atoms with Crippen LogP contribution in [0.4, 0.5) is 5.69 Å². The third-order valence-electron chi connectivity index (χ3n) is 4.96. The monoisotopic (exact) mass is 393 g/mol. The molecule has 0 bridgehead atoms. The number of para-hydroxylation sites is 2. The van der Waals surface area contributed by atoms with Crippen molar-refractivity contribution < 1.29 is 23.5 Å². The van der Waals surface area contributed by atoms with Gasteiger partial charge in [-0.2, -0.15) is 0 Å². The Kier molecular flexibility index (Phi) is 4.80. The van der Waals surface area contributed by atoms with Gasteiger partial charge in [-0.1, -0.05) is 24.3 Å². The molecule has 0 fully saturated rings. The molecule has 3 aromatic rings. The molecule has 0 unspecified atom stereocenters. The average molecular weight is 393 g/mol. The van der Waals surface area contributed by atoms with E-state index in [9.17, 15) is 14.4 Å². The van der Waals surface area contributed by atoms with Crippen LogP contribution in [0.2, 0.25) is 0 Å². The van der Waals surface area contributed by atoms with Crippen molar-refractivity contribution in [2.24, 2.45) is 0 Å². The van der Waals surface area contributed by atoms with E-state index in [0.29, 0.717) is 28.0 Å². The van der Waals surface area contributed by atoms with E-state index in [-0.39, 0.29) is 13.0 Å². The van der Waals surface area contributed by atoms with Gasteiger partial charge in [-0.05, 0) is 37.1 Å². The number of nitrogens with one attached hydrogen (secondary N) is 1. The highest BCUT2D eigenvalue weighted by Gasteiger charge is 2.30. The molecule has 7 heteroatoms. The molecule has 2 heterocycles. The lowest BCUT2D eigenvalue weighted by molar-refractivity contribution is -0.149. The van der Waals surface area contributed by atoms with E-state index in [4.69, 9.17) is 13.9 Å². The second kappa shape index (κ2) is 7.43. The number of ether oxygens (including phenoxy) is 2. The van der Waals surface area contributed by atoms with Crippen molar-refractivity contribution in [3.63, 3.8) is 0 Å². The molecule has 0 aliphatic carbocycles. The number of amides is 1. The highest BCUT2D eigenvalue weighted by atomic mass is 16.5. The van der Waals surface area contributed by atoms with Gasteiger partial charge in [-0.25, -0.2) is 4.79 Å². The van der Waals surface area contributed by atoms with Crippen LogP contribution < -0.4 is 15.7 Å². The van der Waals surface area contributed by atoms with Crippen molar-refractivity contribution in [1.82, 2.24) is 0 Å². The zero-order valence-electron chi connectivity index (χ0n) is 16.0. The molecule has 7 nitrogen and oxygen atoms in total. The summed E-state index contributed by atoms with van der Waals surface area (Å²) in [6.45, 7) is 3.69. The van der Waals surface area contributed by atoms with Crippen molar-refractivity contribution in [3.05, 3.63) is 69.6 Å². The SMILES string of the molecule is Cc1ccc2c(COC(=O)C[C@@H]3Oc4ccccc4NC3=O)cc(=O)oc2c1C. The van der Waals surface area contributed by atoms with Gasteiger partial charge in [0.05, 0.1) is 12.1 Å². The van der Waals surface area contributed by atoms with Gasteiger partial charge >= 0.3 is 11.6 Å². The predicted molar refractivity (Wildman–Crippen MR) is 106 cm³/mol. The molecule has 1 atom stereocenters. The quantitative estimate of drug-likeness (QED) is 0.540. The van der Waals surface area contributed by atoms with E-state index < -0.39 is 23.6 Å². The topological polar surface area (TPSA) is 94.8 Å². The van der Waals surface area contributed by atoms with Crippen LogP contribution in [-0.4, -0.2) is 18.0 Å². The minimum atomic E-state index is -0.972. The Morgan fingerprint density at radius 2 is 1.93 bits per heavy atom. The summed E-state index contributed by atoms with van der Waals surface area (Å²) in [5.74, 6) is -0.505. The summed E-state index contributed by atoms with van der Waals surface area (Å²) in [5.41, 5.74) is 2.94. The summed E-state index contributed by atoms with van der Waals surface area (Å²) < 4.78 is 16.2. The maximum atomic E-state index is 12.3. The van der Waals surface area contributed by atoms with Crippen molar-refractivity contribution in [3.8, 4) is 5.75 Å². The number of esters is 1. The molecule has 0 saturated carbocycles. The van der Waals surface area contributed by atoms with Gasteiger partial charge in [0.2, 0.25) is 0 Å². The molecule has 0 spiro atoms. The van der Waals surface area contributed by atoms with Crippen molar-refractivity contribution >= 4 is 28.5 Å². The van der Waals surface area contributed by atoms with Crippen molar-refractivity contribution in [2.75, 3.05) is 5.32 Å². The molecule has 1 amide bonds. The van der Waals surface area contributed by atoms with Crippen LogP contribution in [0.5, 0.6) is 5.75 Å². The lowest BCUT2D eigenvalue weighted by Crippen LogP contribution is -2.38. The fourth-order valence-electron chi connectivity index (χ4n) is 3.24. The van der Waals surface area contributed by atoms with Crippen LogP contribution in [-0.2, 0) is 20.9 Å². The minimum Gasteiger partial charge on any atom is -0.478 e. The summed E-state index contributed by atoms with van der Waals surface area (Å²) in [5, 5.41) is 3.42. The highest BCUT2D eigenvalue weighted by molar-refractivity contribution is 5.99. The van der Waals surface area contributed by atoms with Gasteiger partial charge in [0.15, 0.2) is 6.10 Å². The molecule has 1 aromatic heterocycles. The Labute approximate surface area is 166 Å². The molecule has 1 N–H and O–H groups in total. The van der Waals surface area contributed by atoms with Gasteiger partial charge in [0.25, 0.3) is 5.91 Å². The van der Waals surface area contributed by atoms with E-state index in [1.54, 1.807) is 24.3 Å². The first kappa shape index (κ1) is 18.7. The molecule has 2 aromatic carbocycles. The Bertz CT molecular complexity index is 1180. The molecular formula is C22H19NO6. The molecule has 1 aliphatic rings. The van der Waals surface area contributed by atoms with E-state index in [0.717, 1.165) is 11.1 Å². The van der Waals surface area contributed by atoms with Gasteiger partial charge in [-0.15, -0.1) is 0 Å². The number of rotatable bonds is 4. The average Bonchev–Trinajstić information content (AvgIpc) is 2.70. The Hall–Kier alpha value is -3.61. The lowest BCUT2D eigenvalue weighted by atomic mass is 10.0. The Morgan fingerprint density at radius 3 is 2.76 bits per heavy atom. The fourth-order valence-corrected chi connectivity index (χ4v) is 3.24. The number of anilines is 1. The largest absolute Gasteiger partial charge is 0.478 e. The first-order valence-corrected chi connectivity index (χ1v) is 9.17. The number of carbonyl (C=O) groups excluding carboxylic acids is 2. The number of hydrogen-bond donors (Lipinski definition) is 1. The van der Waals surface area contributed by atoms with Gasteiger partial charge in [0, 0.05) is 17.0 Å². The number of benzene rings is 2. The molecule has 29 heavy (non-hydrogen) atoms. The van der Waals surface area contributed by atoms with Crippen LogP contribution in [0, 0.1) is 13.8 Å². The fraction of sp³-hybridized carbons (Fsp3) is 0.227. The lowest BCUT2D eigenvalue weighted by Gasteiger charge is -2.25. The summed E-state index contributed by atoms with van der Waals surface area (Å²) in [4.78, 5) is 36.4. The first-order valence-electron chi connectivity index (χ1n) is 9.17. The van der Waals surface area contributed by atoms with Gasteiger partial charge in [-0.3, -0.25) is 9.59 Å². The smallest absolute Gasteiger partial charge is 0.336 e. The Morgan fingerprint density at radius 1 is 1.14 bits per heavy atom. The summed E-state index contributed by atoms with van der Waals surface area (Å²) in [6, 6.07) is 12.1. The number of carbonyl (C=O) groups is 2. The van der Waals surface area contributed by atoms with Gasteiger partial charge in [0.1, 0.15) is 17.9 Å². The van der Waals surface area contributed by atoms with Crippen LogP contribution in [0.3, 0.4) is 0 Å². The molecule has 148 valence electrons. The molecule has 1 aliphatic heterocycles.